The van der Waals surface area contributed by atoms with E-state index in [0.29, 0.717) is 92.4 Å². The largest absolute Gasteiger partial charge is 0.496 e. The minimum atomic E-state index is -0.310. The van der Waals surface area contributed by atoms with Crippen molar-refractivity contribution in [2.24, 2.45) is 5.73 Å². The van der Waals surface area contributed by atoms with Crippen LogP contribution in [0.25, 0.3) is 55.6 Å². The summed E-state index contributed by atoms with van der Waals surface area (Å²) in [5, 5.41) is 0. The van der Waals surface area contributed by atoms with Crippen molar-refractivity contribution in [3.05, 3.63) is 142 Å². The highest BCUT2D eigenvalue weighted by Crippen LogP contribution is 2.58. The van der Waals surface area contributed by atoms with Crippen molar-refractivity contribution in [2.75, 3.05) is 128 Å². The van der Waals surface area contributed by atoms with Gasteiger partial charge in [0.25, 0.3) is 0 Å². The summed E-state index contributed by atoms with van der Waals surface area (Å²) in [5.41, 5.74) is 26.4. The van der Waals surface area contributed by atoms with Crippen LogP contribution in [0.5, 0.6) is 11.5 Å². The first kappa shape index (κ1) is 60.7. The number of nitrogens with two attached hydrogens (primary N) is 1. The molecule has 0 spiro atoms. The van der Waals surface area contributed by atoms with Crippen LogP contribution in [0.15, 0.2) is 103 Å². The summed E-state index contributed by atoms with van der Waals surface area (Å²) >= 11 is 0. The number of fused-ring (bicyclic) bond motifs is 6. The number of ether oxygens (including phenoxy) is 10. The van der Waals surface area contributed by atoms with Gasteiger partial charge in [-0.3, -0.25) is 0 Å². The minimum absolute atomic E-state index is 0.241. The molecule has 0 aliphatic heterocycles. The fraction of sp³-hybridized carbons (Fsp3) is 0.478. The second-order valence-corrected chi connectivity index (χ2v) is 21.7. The van der Waals surface area contributed by atoms with E-state index in [1.165, 1.54) is 66.8 Å². The van der Waals surface area contributed by atoms with Crippen LogP contribution in [0.2, 0.25) is 0 Å². The maximum absolute atomic E-state index is 6.31. The summed E-state index contributed by atoms with van der Waals surface area (Å²) in [7, 11) is 8.67. The Morgan fingerprint density at radius 3 is 1.35 bits per heavy atom. The molecule has 2 aliphatic carbocycles. The van der Waals surface area contributed by atoms with Gasteiger partial charge < -0.3 is 53.1 Å². The topological polar surface area (TPSA) is 118 Å². The predicted molar refractivity (Wildman–Crippen MR) is 323 cm³/mol. The van der Waals surface area contributed by atoms with Gasteiger partial charge >= 0.3 is 0 Å². The van der Waals surface area contributed by atoms with Crippen LogP contribution in [0.4, 0.5) is 0 Å². The van der Waals surface area contributed by atoms with Crippen LogP contribution >= 0.6 is 0 Å². The molecule has 0 unspecified atom stereocenters. The third kappa shape index (κ3) is 14.2. The van der Waals surface area contributed by atoms with Crippen LogP contribution in [0, 0.1) is 20.8 Å². The summed E-state index contributed by atoms with van der Waals surface area (Å²) in [6.07, 6.45) is 8.10. The smallest absolute Gasteiger partial charge is 0.127 e. The van der Waals surface area contributed by atoms with E-state index in [4.69, 9.17) is 53.1 Å². The molecular weight excluding hydrogens is 1000 g/mol. The average Bonchev–Trinajstić information content (AvgIpc) is 3.89. The number of rotatable bonds is 36. The van der Waals surface area contributed by atoms with Gasteiger partial charge in [-0.1, -0.05) is 72.3 Å². The Morgan fingerprint density at radius 2 is 0.825 bits per heavy atom. The van der Waals surface area contributed by atoms with Crippen molar-refractivity contribution in [3.8, 4) is 67.1 Å². The lowest BCUT2D eigenvalue weighted by Gasteiger charge is -2.33. The van der Waals surface area contributed by atoms with Crippen molar-refractivity contribution in [1.29, 1.82) is 0 Å². The minimum Gasteiger partial charge on any atom is -0.496 e. The number of methoxy groups -OCH3 is 5. The molecule has 8 rings (SSSR count). The van der Waals surface area contributed by atoms with Gasteiger partial charge in [0.05, 0.1) is 66.6 Å². The van der Waals surface area contributed by atoms with Gasteiger partial charge in [0.15, 0.2) is 0 Å². The fourth-order valence-electron chi connectivity index (χ4n) is 12.5. The Balaban J connectivity index is 1.18. The molecule has 0 fully saturated rings. The molecule has 11 heteroatoms. The normalized spacial score (nSPS) is 13.6. The second kappa shape index (κ2) is 30.0. The molecule has 80 heavy (non-hydrogen) atoms. The molecule has 0 radical (unpaired) electrons. The summed E-state index contributed by atoms with van der Waals surface area (Å²) in [6.45, 7) is 15.0. The third-order valence-corrected chi connectivity index (χ3v) is 16.3. The number of benzene rings is 6. The first-order valence-electron chi connectivity index (χ1n) is 29.1. The van der Waals surface area contributed by atoms with Crippen LogP contribution in [-0.2, 0) is 48.7 Å². The molecular formula is C69H89NO10. The third-order valence-electron chi connectivity index (χ3n) is 16.3. The Kier molecular flexibility index (Phi) is 22.8. The SMILES string of the molecule is COCCOCCCC1(CCCOCCOC)c2cc(-c3ccc(-c4cc5c(cc4OC)-c4ccc(C)cc4C5(CCCOCCOC)CCCOCCOC)cc3)ccc2-c2cc(C)c(-c3cc(C)cc(OCCCN)c3)cc21. The lowest BCUT2D eigenvalue weighted by molar-refractivity contribution is 0.0629. The van der Waals surface area contributed by atoms with E-state index in [-0.39, 0.29) is 10.8 Å². The fourth-order valence-corrected chi connectivity index (χ4v) is 12.5. The highest BCUT2D eigenvalue weighted by Gasteiger charge is 2.45. The molecule has 0 amide bonds. The first-order valence-corrected chi connectivity index (χ1v) is 29.1. The van der Waals surface area contributed by atoms with E-state index < -0.39 is 0 Å². The van der Waals surface area contributed by atoms with Gasteiger partial charge in [0.2, 0.25) is 0 Å². The maximum Gasteiger partial charge on any atom is 0.127 e. The Labute approximate surface area is 477 Å². The Bertz CT molecular complexity index is 2880. The van der Waals surface area contributed by atoms with Crippen LogP contribution in [-0.4, -0.2) is 128 Å². The van der Waals surface area contributed by atoms with Gasteiger partial charge in [0, 0.05) is 71.3 Å². The highest BCUT2D eigenvalue weighted by molar-refractivity contribution is 5.89. The molecule has 2 aliphatic rings. The van der Waals surface area contributed by atoms with Crippen molar-refractivity contribution in [3.63, 3.8) is 0 Å². The van der Waals surface area contributed by atoms with E-state index in [1.807, 2.05) is 0 Å². The highest BCUT2D eigenvalue weighted by atomic mass is 16.5. The van der Waals surface area contributed by atoms with Gasteiger partial charge in [-0.2, -0.15) is 0 Å². The number of hydrogen-bond acceptors (Lipinski definition) is 11. The summed E-state index contributed by atoms with van der Waals surface area (Å²) < 4.78 is 58.4. The molecule has 6 aromatic carbocycles. The molecule has 0 saturated heterocycles. The van der Waals surface area contributed by atoms with Crippen LogP contribution in [0.3, 0.4) is 0 Å². The Morgan fingerprint density at radius 1 is 0.350 bits per heavy atom. The lowest BCUT2D eigenvalue weighted by Crippen LogP contribution is -2.27. The predicted octanol–water partition coefficient (Wildman–Crippen LogP) is 13.7. The maximum atomic E-state index is 6.31. The summed E-state index contributed by atoms with van der Waals surface area (Å²) in [4.78, 5) is 0. The number of hydrogen-bond donors (Lipinski definition) is 1. The quantitative estimate of drug-likeness (QED) is 0.0379. The number of aryl methyl sites for hydroxylation is 3. The summed E-state index contributed by atoms with van der Waals surface area (Å²) in [5.74, 6) is 1.73. The van der Waals surface area contributed by atoms with E-state index >= 15 is 0 Å². The van der Waals surface area contributed by atoms with E-state index in [9.17, 15) is 0 Å². The zero-order chi connectivity index (χ0) is 56.3. The molecule has 6 aromatic rings. The van der Waals surface area contributed by atoms with Crippen LogP contribution < -0.4 is 15.2 Å². The second-order valence-electron chi connectivity index (χ2n) is 21.7. The van der Waals surface area contributed by atoms with Gasteiger partial charge in [-0.05, 0) is 205 Å². The zero-order valence-corrected chi connectivity index (χ0v) is 49.2. The zero-order valence-electron chi connectivity index (χ0n) is 49.2. The van der Waals surface area contributed by atoms with Gasteiger partial charge in [-0.25, -0.2) is 0 Å². The first-order chi connectivity index (χ1) is 39.1. The summed E-state index contributed by atoms with van der Waals surface area (Å²) in [6, 6.07) is 39.4. The van der Waals surface area contributed by atoms with Gasteiger partial charge in [-0.15, -0.1) is 0 Å². The molecule has 0 saturated carbocycles. The monoisotopic (exact) mass is 1090 g/mol. The van der Waals surface area contributed by atoms with Gasteiger partial charge in [0.1, 0.15) is 11.5 Å². The molecule has 0 heterocycles. The lowest BCUT2D eigenvalue weighted by atomic mass is 9.70. The molecule has 0 atom stereocenters. The molecule has 11 nitrogen and oxygen atoms in total. The van der Waals surface area contributed by atoms with E-state index in [0.717, 1.165) is 97.1 Å². The molecule has 0 bridgehead atoms. The standard InChI is InChI=1S/C69H89NO10/c1-49-14-20-57-62-48-67(75-8)60(47-66(62)68(63(57)42-49,22-9-27-76-36-32-71-4)23-10-28-77-37-33-72-5)53-17-15-52(16-18-53)54-19-21-58-61-43-51(3)59(55-40-50(2)41-56(44-55)80-31-13-26-70)46-65(61)69(64(58)45-54,24-11-29-78-38-34-73-6)25-12-30-79-39-35-74-7/h14-21,40-48H,9-13,22-39,70H2,1-8H3. The molecule has 2 N–H and O–H groups in total. The van der Waals surface area contributed by atoms with E-state index in [2.05, 4.69) is 124 Å². The molecule has 0 aromatic heterocycles. The van der Waals surface area contributed by atoms with Crippen molar-refractivity contribution < 1.29 is 47.4 Å². The Hall–Kier alpha value is -5.44. The van der Waals surface area contributed by atoms with Crippen molar-refractivity contribution in [2.45, 2.75) is 89.4 Å². The van der Waals surface area contributed by atoms with Crippen molar-refractivity contribution in [1.82, 2.24) is 0 Å². The average molecular weight is 1090 g/mol. The van der Waals surface area contributed by atoms with Crippen LogP contribution in [0.1, 0.15) is 96.7 Å². The van der Waals surface area contributed by atoms with Crippen molar-refractivity contribution >= 4 is 0 Å². The molecule has 430 valence electrons. The van der Waals surface area contributed by atoms with E-state index in [1.54, 1.807) is 35.5 Å².